The third-order valence-corrected chi connectivity index (χ3v) is 5.30. The number of fused-ring (bicyclic) bond motifs is 1. The van der Waals surface area contributed by atoms with Gasteiger partial charge in [-0.05, 0) is 42.7 Å². The maximum absolute atomic E-state index is 12.6. The van der Waals surface area contributed by atoms with Gasteiger partial charge in [-0.3, -0.25) is 4.79 Å². The van der Waals surface area contributed by atoms with Gasteiger partial charge in [-0.15, -0.1) is 10.2 Å². The number of ether oxygens (including phenoxy) is 2. The molecule has 162 valence electrons. The van der Waals surface area contributed by atoms with E-state index in [-0.39, 0.29) is 17.0 Å². The number of carbonyl (C=O) groups excluding carboxylic acids is 1. The molecular weight excluding hydrogens is 418 g/mol. The number of nitrogens with one attached hydrogen (secondary N) is 1. The van der Waals surface area contributed by atoms with Gasteiger partial charge in [0, 0.05) is 17.9 Å². The number of aromatic nitrogens is 4. The van der Waals surface area contributed by atoms with Crippen LogP contribution in [-0.2, 0) is 4.79 Å². The second-order valence-corrected chi connectivity index (χ2v) is 8.28. The molecule has 0 fully saturated rings. The summed E-state index contributed by atoms with van der Waals surface area (Å²) in [5.74, 6) is 2.50. The third kappa shape index (κ3) is 4.20. The lowest BCUT2D eigenvalue weighted by Gasteiger charge is -2.25. The molecule has 3 aromatic rings. The lowest BCUT2D eigenvalue weighted by Crippen LogP contribution is -2.25. The fourth-order valence-corrected chi connectivity index (χ4v) is 3.80. The molecule has 9 heteroatoms. The molecule has 0 aliphatic carbocycles. The Kier molecular flexibility index (Phi) is 5.82. The first kappa shape index (κ1) is 21.1. The number of hydrogen-bond donors (Lipinski definition) is 1. The maximum atomic E-state index is 12.6. The number of rotatable bonds is 6. The molecule has 31 heavy (non-hydrogen) atoms. The molecular formula is C22H24ClN5O3. The van der Waals surface area contributed by atoms with E-state index in [1.165, 1.54) is 0 Å². The van der Waals surface area contributed by atoms with Crippen molar-refractivity contribution < 1.29 is 14.3 Å². The number of benzene rings is 1. The molecule has 0 radical (unpaired) electrons. The molecule has 2 aromatic heterocycles. The van der Waals surface area contributed by atoms with Crippen LogP contribution in [0.4, 0.5) is 5.82 Å². The number of anilines is 1. The molecule has 1 atom stereocenters. The average molecular weight is 442 g/mol. The normalized spacial score (nSPS) is 15.5. The van der Waals surface area contributed by atoms with Crippen LogP contribution in [0.1, 0.15) is 43.0 Å². The fraction of sp³-hybridized carbons (Fsp3) is 0.364. The zero-order chi connectivity index (χ0) is 22.1. The van der Waals surface area contributed by atoms with Crippen LogP contribution >= 0.6 is 11.6 Å². The molecule has 1 amide bonds. The Labute approximate surface area is 185 Å². The van der Waals surface area contributed by atoms with Crippen LogP contribution in [0, 0.1) is 12.8 Å². The SMILES string of the molecule is COc1ccc([C@@H]2CC(=O)Nc3c2c(C)nn3-c2ccc(Cl)nn2)cc1OCC(C)C. The zero-order valence-electron chi connectivity index (χ0n) is 17.8. The predicted octanol–water partition coefficient (Wildman–Crippen LogP) is 4.14. The number of amides is 1. The molecule has 0 saturated carbocycles. The molecule has 0 spiro atoms. The van der Waals surface area contributed by atoms with Crippen molar-refractivity contribution in [2.45, 2.75) is 33.1 Å². The molecule has 3 heterocycles. The second kappa shape index (κ2) is 8.55. The molecule has 1 aliphatic rings. The van der Waals surface area contributed by atoms with Crippen LogP contribution in [0.3, 0.4) is 0 Å². The lowest BCUT2D eigenvalue weighted by atomic mass is 9.85. The van der Waals surface area contributed by atoms with Crippen molar-refractivity contribution in [1.82, 2.24) is 20.0 Å². The predicted molar refractivity (Wildman–Crippen MR) is 117 cm³/mol. The van der Waals surface area contributed by atoms with E-state index in [1.807, 2.05) is 25.1 Å². The van der Waals surface area contributed by atoms with Gasteiger partial charge in [0.1, 0.15) is 5.82 Å². The van der Waals surface area contributed by atoms with E-state index in [0.717, 1.165) is 16.8 Å². The van der Waals surface area contributed by atoms with Gasteiger partial charge in [-0.2, -0.15) is 9.78 Å². The van der Waals surface area contributed by atoms with E-state index in [1.54, 1.807) is 23.9 Å². The lowest BCUT2D eigenvalue weighted by molar-refractivity contribution is -0.116. The van der Waals surface area contributed by atoms with Crippen molar-refractivity contribution in [3.8, 4) is 17.3 Å². The van der Waals surface area contributed by atoms with E-state index in [9.17, 15) is 4.79 Å². The van der Waals surface area contributed by atoms with Crippen molar-refractivity contribution in [3.05, 3.63) is 52.3 Å². The summed E-state index contributed by atoms with van der Waals surface area (Å²) in [5, 5.41) is 15.8. The molecule has 8 nitrogen and oxygen atoms in total. The van der Waals surface area contributed by atoms with Crippen LogP contribution in [0.2, 0.25) is 5.15 Å². The summed E-state index contributed by atoms with van der Waals surface area (Å²) in [4.78, 5) is 12.6. The first-order valence-electron chi connectivity index (χ1n) is 10.1. The van der Waals surface area contributed by atoms with Crippen LogP contribution in [0.15, 0.2) is 30.3 Å². The third-order valence-electron chi connectivity index (χ3n) is 5.10. The van der Waals surface area contributed by atoms with Gasteiger partial charge in [-0.25, -0.2) is 0 Å². The van der Waals surface area contributed by atoms with Gasteiger partial charge in [0.15, 0.2) is 22.5 Å². The standard InChI is InChI=1S/C22H24ClN5O3/c1-12(2)11-31-17-9-14(5-6-16(17)30-4)15-10-20(29)24-22-21(15)13(3)27-28(22)19-8-7-18(23)25-26-19/h5-9,12,15H,10-11H2,1-4H3,(H,24,29)/t15-/m0/s1. The van der Waals surface area contributed by atoms with E-state index in [0.29, 0.717) is 42.1 Å². The van der Waals surface area contributed by atoms with E-state index >= 15 is 0 Å². The summed E-state index contributed by atoms with van der Waals surface area (Å²) >= 11 is 5.86. The second-order valence-electron chi connectivity index (χ2n) is 7.89. The van der Waals surface area contributed by atoms with E-state index in [2.05, 4.69) is 34.5 Å². The van der Waals surface area contributed by atoms with Gasteiger partial charge in [0.05, 0.1) is 19.4 Å². The molecule has 1 aromatic carbocycles. The number of halogens is 1. The van der Waals surface area contributed by atoms with Crippen molar-refractivity contribution >= 4 is 23.3 Å². The Balaban J connectivity index is 1.77. The number of nitrogens with zero attached hydrogens (tertiary/aromatic N) is 4. The van der Waals surface area contributed by atoms with Crippen LogP contribution in [-0.4, -0.2) is 39.6 Å². The minimum atomic E-state index is -0.176. The first-order chi connectivity index (χ1) is 14.9. The average Bonchev–Trinajstić information content (AvgIpc) is 3.08. The van der Waals surface area contributed by atoms with Crippen molar-refractivity contribution in [2.75, 3.05) is 19.0 Å². The highest BCUT2D eigenvalue weighted by atomic mass is 35.5. The van der Waals surface area contributed by atoms with Gasteiger partial charge in [0.2, 0.25) is 5.91 Å². The summed E-state index contributed by atoms with van der Waals surface area (Å²) < 4.78 is 13.0. The number of carbonyl (C=O) groups is 1. The molecule has 0 unspecified atom stereocenters. The Hall–Kier alpha value is -3.13. The van der Waals surface area contributed by atoms with Gasteiger partial charge in [0.25, 0.3) is 0 Å². The van der Waals surface area contributed by atoms with Crippen LogP contribution in [0.5, 0.6) is 11.5 Å². The first-order valence-corrected chi connectivity index (χ1v) is 10.4. The number of aryl methyl sites for hydroxylation is 1. The summed E-state index contributed by atoms with van der Waals surface area (Å²) in [5.41, 5.74) is 2.70. The highest BCUT2D eigenvalue weighted by molar-refractivity contribution is 6.29. The molecule has 0 bridgehead atoms. The highest BCUT2D eigenvalue weighted by Crippen LogP contribution is 2.42. The largest absolute Gasteiger partial charge is 0.493 e. The topological polar surface area (TPSA) is 91.2 Å². The smallest absolute Gasteiger partial charge is 0.226 e. The maximum Gasteiger partial charge on any atom is 0.226 e. The Morgan fingerprint density at radius 2 is 2.03 bits per heavy atom. The minimum Gasteiger partial charge on any atom is -0.493 e. The fourth-order valence-electron chi connectivity index (χ4n) is 3.70. The summed E-state index contributed by atoms with van der Waals surface area (Å²) in [6.07, 6.45) is 0.307. The van der Waals surface area contributed by atoms with E-state index in [4.69, 9.17) is 21.1 Å². The van der Waals surface area contributed by atoms with Crippen molar-refractivity contribution in [2.24, 2.45) is 5.92 Å². The Morgan fingerprint density at radius 3 is 2.71 bits per heavy atom. The van der Waals surface area contributed by atoms with Crippen LogP contribution < -0.4 is 14.8 Å². The molecule has 0 saturated heterocycles. The van der Waals surface area contributed by atoms with Gasteiger partial charge < -0.3 is 14.8 Å². The highest BCUT2D eigenvalue weighted by Gasteiger charge is 2.33. The summed E-state index contributed by atoms with van der Waals surface area (Å²) in [6, 6.07) is 9.14. The molecule has 4 rings (SSSR count). The van der Waals surface area contributed by atoms with Gasteiger partial charge in [-0.1, -0.05) is 31.5 Å². The Morgan fingerprint density at radius 1 is 1.23 bits per heavy atom. The van der Waals surface area contributed by atoms with Crippen molar-refractivity contribution in [3.63, 3.8) is 0 Å². The number of methoxy groups -OCH3 is 1. The van der Waals surface area contributed by atoms with E-state index < -0.39 is 0 Å². The quantitative estimate of drug-likeness (QED) is 0.618. The zero-order valence-corrected chi connectivity index (χ0v) is 18.6. The van der Waals surface area contributed by atoms with Crippen LogP contribution in [0.25, 0.3) is 5.82 Å². The summed E-state index contributed by atoms with van der Waals surface area (Å²) in [6.45, 7) is 6.67. The molecule has 1 aliphatic heterocycles. The Bertz CT molecular complexity index is 1110. The van der Waals surface area contributed by atoms with Crippen molar-refractivity contribution in [1.29, 1.82) is 0 Å². The monoisotopic (exact) mass is 441 g/mol. The number of hydrogen-bond acceptors (Lipinski definition) is 6. The minimum absolute atomic E-state index is 0.0963. The summed E-state index contributed by atoms with van der Waals surface area (Å²) in [7, 11) is 1.62. The van der Waals surface area contributed by atoms with Gasteiger partial charge >= 0.3 is 0 Å². The molecule has 1 N–H and O–H groups in total.